The molecule has 39 heavy (non-hydrogen) atoms. The molecule has 0 fully saturated rings. The van der Waals surface area contributed by atoms with Crippen molar-refractivity contribution in [1.82, 2.24) is 0 Å². The van der Waals surface area contributed by atoms with Gasteiger partial charge in [0, 0.05) is 22.3 Å². The number of rotatable bonds is 8. The molecule has 0 aromatic heterocycles. The van der Waals surface area contributed by atoms with Gasteiger partial charge in [-0.15, -0.1) is 0 Å². The summed E-state index contributed by atoms with van der Waals surface area (Å²) in [5.74, 6) is 1.52. The monoisotopic (exact) mass is 540 g/mol. The number of hydrogen-bond acceptors (Lipinski definition) is 4. The van der Waals surface area contributed by atoms with Crippen LogP contribution in [0.25, 0.3) is 0 Å². The maximum absolute atomic E-state index is 11.4. The Balaban J connectivity index is 2.40. The van der Waals surface area contributed by atoms with Crippen molar-refractivity contribution in [3.8, 4) is 11.5 Å². The molecule has 0 aliphatic rings. The van der Waals surface area contributed by atoms with Crippen LogP contribution < -0.4 is 9.47 Å². The first-order valence-corrected chi connectivity index (χ1v) is 14.4. The van der Waals surface area contributed by atoms with Crippen LogP contribution in [0.2, 0.25) is 0 Å². The maximum Gasteiger partial charge on any atom is 0.128 e. The summed E-state index contributed by atoms with van der Waals surface area (Å²) in [6, 6.07) is 8.64. The number of hydrogen-bond donors (Lipinski definition) is 2. The highest BCUT2D eigenvalue weighted by atomic mass is 16.5. The van der Waals surface area contributed by atoms with Crippen molar-refractivity contribution >= 4 is 0 Å². The SMILES string of the molecule is COc1c(C(O)CCCC(O)c2cc(C(C)(C)C)cc(C(C)(C)C)c2OC)cc(C(C)(C)C)cc1C(C)(C)C. The number of aliphatic hydroxyl groups is 2. The standard InChI is InChI=1S/C35H56O4/c1-32(2,3)22-18-24(30(38-13)26(20-22)34(7,8)9)28(36)16-15-17-29(37)25-19-23(33(4,5)6)21-27(31(25)39-14)35(10,11)12/h18-21,28-29,36-37H,15-17H2,1-14H3. The fourth-order valence-electron chi connectivity index (χ4n) is 5.05. The Morgan fingerprint density at radius 3 is 1.08 bits per heavy atom. The molecule has 0 saturated carbocycles. The predicted octanol–water partition coefficient (Wildman–Crippen LogP) is 8.83. The fraction of sp³-hybridized carbons (Fsp3) is 0.657. The van der Waals surface area contributed by atoms with E-state index < -0.39 is 12.2 Å². The van der Waals surface area contributed by atoms with Gasteiger partial charge in [-0.2, -0.15) is 0 Å². The Morgan fingerprint density at radius 2 is 0.846 bits per heavy atom. The van der Waals surface area contributed by atoms with E-state index in [1.54, 1.807) is 14.2 Å². The van der Waals surface area contributed by atoms with Crippen LogP contribution in [0.3, 0.4) is 0 Å². The van der Waals surface area contributed by atoms with Gasteiger partial charge in [0.1, 0.15) is 11.5 Å². The molecular formula is C35H56O4. The van der Waals surface area contributed by atoms with Crippen molar-refractivity contribution in [3.05, 3.63) is 57.6 Å². The van der Waals surface area contributed by atoms with E-state index in [0.717, 1.165) is 33.8 Å². The second-order valence-electron chi connectivity index (χ2n) is 15.3. The number of ether oxygens (including phenoxy) is 2. The largest absolute Gasteiger partial charge is 0.496 e. The van der Waals surface area contributed by atoms with Crippen molar-refractivity contribution in [2.45, 2.75) is 136 Å². The molecule has 220 valence electrons. The summed E-state index contributed by atoms with van der Waals surface area (Å²) in [6.45, 7) is 26.2. The summed E-state index contributed by atoms with van der Waals surface area (Å²) in [5.41, 5.74) is 5.84. The normalized spacial score (nSPS) is 14.8. The minimum absolute atomic E-state index is 0.0592. The highest BCUT2D eigenvalue weighted by molar-refractivity contribution is 5.51. The van der Waals surface area contributed by atoms with E-state index in [4.69, 9.17) is 9.47 Å². The minimum Gasteiger partial charge on any atom is -0.496 e. The molecule has 2 unspecified atom stereocenters. The third-order valence-corrected chi connectivity index (χ3v) is 7.66. The topological polar surface area (TPSA) is 58.9 Å². The van der Waals surface area contributed by atoms with Crippen molar-refractivity contribution in [2.75, 3.05) is 14.2 Å². The molecule has 2 aromatic rings. The van der Waals surface area contributed by atoms with Gasteiger partial charge in [-0.3, -0.25) is 0 Å². The molecule has 0 saturated heterocycles. The Kier molecular flexibility index (Phi) is 10.1. The Bertz CT molecular complexity index is 1030. The summed E-state index contributed by atoms with van der Waals surface area (Å²) in [7, 11) is 3.37. The minimum atomic E-state index is -0.691. The van der Waals surface area contributed by atoms with Gasteiger partial charge in [-0.1, -0.05) is 95.2 Å². The molecule has 2 N–H and O–H groups in total. The molecule has 0 bridgehead atoms. The van der Waals surface area contributed by atoms with E-state index in [1.807, 2.05) is 0 Å². The zero-order valence-electron chi connectivity index (χ0n) is 27.3. The van der Waals surface area contributed by atoms with Gasteiger partial charge >= 0.3 is 0 Å². The van der Waals surface area contributed by atoms with Crippen molar-refractivity contribution in [2.24, 2.45) is 0 Å². The van der Waals surface area contributed by atoms with Crippen molar-refractivity contribution in [3.63, 3.8) is 0 Å². The van der Waals surface area contributed by atoms with Gasteiger partial charge < -0.3 is 19.7 Å². The van der Waals surface area contributed by atoms with Crippen LogP contribution >= 0.6 is 0 Å². The maximum atomic E-state index is 11.4. The molecule has 0 heterocycles. The summed E-state index contributed by atoms with van der Waals surface area (Å²) < 4.78 is 11.8. The smallest absolute Gasteiger partial charge is 0.128 e. The van der Waals surface area contributed by atoms with E-state index in [1.165, 1.54) is 11.1 Å². The zero-order valence-corrected chi connectivity index (χ0v) is 27.3. The second kappa shape index (κ2) is 11.8. The van der Waals surface area contributed by atoms with Crippen molar-refractivity contribution in [1.29, 1.82) is 0 Å². The predicted molar refractivity (Wildman–Crippen MR) is 165 cm³/mol. The van der Waals surface area contributed by atoms with Crippen LogP contribution in [0, 0.1) is 0 Å². The van der Waals surface area contributed by atoms with Crippen LogP contribution in [0.1, 0.15) is 148 Å². The van der Waals surface area contributed by atoms with Crippen LogP contribution in [-0.2, 0) is 21.7 Å². The molecule has 2 aromatic carbocycles. The van der Waals surface area contributed by atoms with Crippen LogP contribution in [-0.4, -0.2) is 24.4 Å². The molecule has 2 atom stereocenters. The first-order chi connectivity index (χ1) is 17.6. The Labute approximate surface area is 239 Å². The Morgan fingerprint density at radius 1 is 0.538 bits per heavy atom. The summed E-state index contributed by atoms with van der Waals surface area (Å²) >= 11 is 0. The van der Waals surface area contributed by atoms with Gasteiger partial charge in [0.25, 0.3) is 0 Å². The first kappa shape index (κ1) is 33.2. The van der Waals surface area contributed by atoms with Crippen LogP contribution in [0.15, 0.2) is 24.3 Å². The van der Waals surface area contributed by atoms with E-state index in [-0.39, 0.29) is 21.7 Å². The molecular weight excluding hydrogens is 484 g/mol. The van der Waals surface area contributed by atoms with E-state index in [9.17, 15) is 10.2 Å². The molecule has 0 amide bonds. The molecule has 4 nitrogen and oxygen atoms in total. The zero-order chi connectivity index (χ0) is 30.1. The van der Waals surface area contributed by atoms with E-state index in [2.05, 4.69) is 107 Å². The number of methoxy groups -OCH3 is 2. The fourth-order valence-corrected chi connectivity index (χ4v) is 5.05. The third kappa shape index (κ3) is 8.01. The third-order valence-electron chi connectivity index (χ3n) is 7.66. The highest BCUT2D eigenvalue weighted by Gasteiger charge is 2.30. The quantitative estimate of drug-likeness (QED) is 0.351. The lowest BCUT2D eigenvalue weighted by Crippen LogP contribution is -2.20. The van der Waals surface area contributed by atoms with Gasteiger partial charge in [0.15, 0.2) is 0 Å². The molecule has 4 heteroatoms. The van der Waals surface area contributed by atoms with Gasteiger partial charge in [0.2, 0.25) is 0 Å². The lowest BCUT2D eigenvalue weighted by molar-refractivity contribution is 0.131. The van der Waals surface area contributed by atoms with Gasteiger partial charge in [-0.05, 0) is 64.2 Å². The molecule has 0 aliphatic heterocycles. The molecule has 2 rings (SSSR count). The summed E-state index contributed by atoms with van der Waals surface area (Å²) in [6.07, 6.45) is 0.326. The molecule has 0 spiro atoms. The first-order valence-electron chi connectivity index (χ1n) is 14.4. The average Bonchev–Trinajstić information content (AvgIpc) is 2.79. The van der Waals surface area contributed by atoms with E-state index in [0.29, 0.717) is 19.3 Å². The second-order valence-corrected chi connectivity index (χ2v) is 15.3. The van der Waals surface area contributed by atoms with E-state index >= 15 is 0 Å². The Hall–Kier alpha value is -2.04. The van der Waals surface area contributed by atoms with Crippen LogP contribution in [0.4, 0.5) is 0 Å². The van der Waals surface area contributed by atoms with Crippen molar-refractivity contribution < 1.29 is 19.7 Å². The highest BCUT2D eigenvalue weighted by Crippen LogP contribution is 2.43. The van der Waals surface area contributed by atoms with Gasteiger partial charge in [-0.25, -0.2) is 0 Å². The molecule has 0 radical (unpaired) electrons. The number of benzene rings is 2. The van der Waals surface area contributed by atoms with Crippen LogP contribution in [0.5, 0.6) is 11.5 Å². The lowest BCUT2D eigenvalue weighted by Gasteiger charge is -2.30. The lowest BCUT2D eigenvalue weighted by atomic mass is 9.77. The summed E-state index contributed by atoms with van der Waals surface area (Å²) in [5, 5.41) is 22.8. The summed E-state index contributed by atoms with van der Waals surface area (Å²) in [4.78, 5) is 0. The number of aliphatic hydroxyl groups excluding tert-OH is 2. The molecule has 0 aliphatic carbocycles. The average molecular weight is 541 g/mol. The van der Waals surface area contributed by atoms with Gasteiger partial charge in [0.05, 0.1) is 26.4 Å².